The van der Waals surface area contributed by atoms with E-state index in [4.69, 9.17) is 0 Å². The summed E-state index contributed by atoms with van der Waals surface area (Å²) < 4.78 is 0. The van der Waals surface area contributed by atoms with Crippen LogP contribution in [0.3, 0.4) is 0 Å². The molecule has 0 rings (SSSR count). The fourth-order valence-electron chi connectivity index (χ4n) is 0. The van der Waals surface area contributed by atoms with Gasteiger partial charge in [-0.15, -0.1) is 0 Å². The largest absolute Gasteiger partial charge is 1.00 e. The van der Waals surface area contributed by atoms with Crippen LogP contribution in [0.1, 0.15) is 1.43 Å². The van der Waals surface area contributed by atoms with Crippen molar-refractivity contribution >= 4 is 0 Å². The second-order valence-electron chi connectivity index (χ2n) is 0. The third-order valence-corrected chi connectivity index (χ3v) is 0. The van der Waals surface area contributed by atoms with E-state index < -0.39 is 0 Å². The Morgan fingerprint density at radius 1 is 1.25 bits per heavy atom. The zero-order chi connectivity index (χ0) is 0. The number of hydrogen-bond donors (Lipinski definition) is 0. The molecule has 2 N–H and O–H groups in total. The molecule has 0 aliphatic rings. The number of rotatable bonds is 0. The first kappa shape index (κ1) is 36.9. The van der Waals surface area contributed by atoms with Crippen LogP contribution in [0.5, 0.6) is 0 Å². The summed E-state index contributed by atoms with van der Waals surface area (Å²) in [6.07, 6.45) is 0. The monoisotopic (exact) mass is 300 g/mol. The normalized spacial score (nSPS) is 0. The van der Waals surface area contributed by atoms with E-state index in [-0.39, 0.29) is 70.5 Å². The molecule has 0 aromatic rings. The van der Waals surface area contributed by atoms with Crippen LogP contribution in [0, 0.1) is 0 Å². The van der Waals surface area contributed by atoms with E-state index in [2.05, 4.69) is 0 Å². The zero-order valence-electron chi connectivity index (χ0n) is 3.39. The maximum Gasteiger partial charge on any atom is 1.00 e. The molecule has 0 aromatic heterocycles. The van der Waals surface area contributed by atoms with Gasteiger partial charge in [-0.2, -0.15) is 0 Å². The van der Waals surface area contributed by atoms with Gasteiger partial charge in [0.05, 0.1) is 0 Å². The third kappa shape index (κ3) is 8.97. The van der Waals surface area contributed by atoms with Crippen molar-refractivity contribution in [2.75, 3.05) is 0 Å². The maximum atomic E-state index is 0. The van der Waals surface area contributed by atoms with Crippen LogP contribution in [0.4, 0.5) is 0 Å². The van der Waals surface area contributed by atoms with Crippen molar-refractivity contribution in [3.63, 3.8) is 0 Å². The molecule has 0 amide bonds. The second-order valence-corrected chi connectivity index (χ2v) is 0. The summed E-state index contributed by atoms with van der Waals surface area (Å²) in [5.74, 6) is 0. The Hall–Kier alpha value is 2.04. The molecule has 4 heavy (non-hydrogen) atoms. The Labute approximate surface area is 69.9 Å². The van der Waals surface area contributed by atoms with Crippen molar-refractivity contribution in [3.05, 3.63) is 0 Å². The first-order valence-corrected chi connectivity index (χ1v) is 0. The van der Waals surface area contributed by atoms with Crippen LogP contribution in [0.15, 0.2) is 0 Å². The molecule has 2 radical (unpaired) electrons. The minimum absolute atomic E-state index is 0. The second kappa shape index (κ2) is 19.8. The molecule has 0 bridgehead atoms. The third-order valence-electron chi connectivity index (χ3n) is 0. The SMILES string of the molecule is O.[H-].[Li+].[Nb].[Ta]. The molecule has 0 unspecified atom stereocenters. The first-order valence-electron chi connectivity index (χ1n) is 0. The predicted molar refractivity (Wildman–Crippen MR) is 4.73 cm³/mol. The summed E-state index contributed by atoms with van der Waals surface area (Å²) in [5, 5.41) is 0. The Morgan fingerprint density at radius 2 is 1.25 bits per heavy atom. The van der Waals surface area contributed by atoms with Crippen molar-refractivity contribution in [2.45, 2.75) is 0 Å². The summed E-state index contributed by atoms with van der Waals surface area (Å²) in [6.45, 7) is 0. The maximum absolute atomic E-state index is 0. The Balaban J connectivity index is 0. The standard InChI is InChI=1S/Li.Nb.H2O.Ta.H/h;;1H2;;/q+1;;;;-1. The molecule has 0 saturated carbocycles. The molecule has 0 aliphatic heterocycles. The fraction of sp³-hybridized carbons (Fsp3) is 0. The summed E-state index contributed by atoms with van der Waals surface area (Å²) in [5.41, 5.74) is 0. The number of hydrogen-bond acceptors (Lipinski definition) is 0. The predicted octanol–water partition coefficient (Wildman–Crippen LogP) is -3.71. The molecule has 0 atom stereocenters. The van der Waals surface area contributed by atoms with Gasteiger partial charge in [0, 0.05) is 44.8 Å². The summed E-state index contributed by atoms with van der Waals surface area (Å²) in [6, 6.07) is 0. The molecular formula is H3LiNbOTa. The molecule has 20 valence electrons. The Kier molecular flexibility index (Phi) is 182. The molecule has 0 heterocycles. The van der Waals surface area contributed by atoms with Gasteiger partial charge in [-0.05, 0) is 0 Å². The summed E-state index contributed by atoms with van der Waals surface area (Å²) in [4.78, 5) is 0. The Bertz CT molecular complexity index is 11.6. The van der Waals surface area contributed by atoms with Crippen LogP contribution in [0.2, 0.25) is 0 Å². The van der Waals surface area contributed by atoms with Gasteiger partial charge in [0.2, 0.25) is 0 Å². The molecule has 0 fully saturated rings. The average molecular weight is 300 g/mol. The molecule has 0 aromatic carbocycles. The van der Waals surface area contributed by atoms with Crippen LogP contribution < -0.4 is 18.9 Å². The van der Waals surface area contributed by atoms with E-state index in [0.717, 1.165) is 0 Å². The summed E-state index contributed by atoms with van der Waals surface area (Å²) >= 11 is 0. The van der Waals surface area contributed by atoms with Gasteiger partial charge in [0.1, 0.15) is 0 Å². The minimum atomic E-state index is 0. The van der Waals surface area contributed by atoms with Crippen molar-refractivity contribution in [3.8, 4) is 0 Å². The molecular weight excluding hydrogens is 297 g/mol. The molecule has 0 saturated heterocycles. The van der Waals surface area contributed by atoms with Crippen molar-refractivity contribution in [1.29, 1.82) is 0 Å². The molecule has 0 aliphatic carbocycles. The van der Waals surface area contributed by atoms with Crippen LogP contribution in [-0.2, 0) is 44.8 Å². The molecule has 1 nitrogen and oxygen atoms in total. The van der Waals surface area contributed by atoms with Crippen LogP contribution >= 0.6 is 0 Å². The Morgan fingerprint density at radius 3 is 1.25 bits per heavy atom. The van der Waals surface area contributed by atoms with Gasteiger partial charge in [0.25, 0.3) is 0 Å². The van der Waals surface area contributed by atoms with Crippen molar-refractivity contribution in [1.82, 2.24) is 0 Å². The van der Waals surface area contributed by atoms with Gasteiger partial charge >= 0.3 is 18.9 Å². The van der Waals surface area contributed by atoms with E-state index in [9.17, 15) is 0 Å². The van der Waals surface area contributed by atoms with Crippen LogP contribution in [0.25, 0.3) is 0 Å². The minimum Gasteiger partial charge on any atom is -1.00 e. The molecule has 4 heteroatoms. The topological polar surface area (TPSA) is 31.5 Å². The van der Waals surface area contributed by atoms with Gasteiger partial charge in [-0.1, -0.05) is 0 Å². The van der Waals surface area contributed by atoms with E-state index in [1.807, 2.05) is 0 Å². The van der Waals surface area contributed by atoms with E-state index in [1.54, 1.807) is 0 Å². The molecule has 0 spiro atoms. The van der Waals surface area contributed by atoms with Crippen LogP contribution in [-0.4, -0.2) is 5.48 Å². The van der Waals surface area contributed by atoms with E-state index in [1.165, 1.54) is 0 Å². The van der Waals surface area contributed by atoms with Gasteiger partial charge in [-0.3, -0.25) is 0 Å². The van der Waals surface area contributed by atoms with Crippen molar-refractivity contribution in [2.24, 2.45) is 0 Å². The van der Waals surface area contributed by atoms with E-state index in [0.29, 0.717) is 0 Å². The fourth-order valence-corrected chi connectivity index (χ4v) is 0. The average Bonchev–Trinajstić information content (AvgIpc) is 0. The van der Waals surface area contributed by atoms with Gasteiger partial charge < -0.3 is 6.90 Å². The van der Waals surface area contributed by atoms with Crippen molar-refractivity contribution < 1.29 is 70.5 Å². The first-order chi connectivity index (χ1) is 0. The zero-order valence-corrected chi connectivity index (χ0v) is 7.81. The van der Waals surface area contributed by atoms with Gasteiger partial charge in [0.15, 0.2) is 0 Å². The van der Waals surface area contributed by atoms with E-state index >= 15 is 0 Å². The summed E-state index contributed by atoms with van der Waals surface area (Å²) in [7, 11) is 0. The van der Waals surface area contributed by atoms with Gasteiger partial charge in [-0.25, -0.2) is 0 Å². The smallest absolute Gasteiger partial charge is 1.00 e. The quantitative estimate of drug-likeness (QED) is 0.412.